The molecule has 0 radical (unpaired) electrons. The number of quaternary nitrogens is 1. The first-order chi connectivity index (χ1) is 5.39. The SMILES string of the molecule is CCCN1CC(C)(C)[N+](C)(C)C1. The molecule has 1 heterocycles. The molecule has 0 aromatic carbocycles. The summed E-state index contributed by atoms with van der Waals surface area (Å²) < 4.78 is 1.13. The van der Waals surface area contributed by atoms with Crippen LogP contribution < -0.4 is 0 Å². The van der Waals surface area contributed by atoms with Gasteiger partial charge < -0.3 is 4.48 Å². The Bertz CT molecular complexity index is 145. The molecule has 0 aromatic rings. The molecule has 0 bridgehead atoms. The Kier molecular flexibility index (Phi) is 2.50. The summed E-state index contributed by atoms with van der Waals surface area (Å²) in [4.78, 5) is 2.57. The molecule has 0 N–H and O–H groups in total. The molecule has 72 valence electrons. The van der Waals surface area contributed by atoms with Crippen molar-refractivity contribution in [1.29, 1.82) is 0 Å². The summed E-state index contributed by atoms with van der Waals surface area (Å²) in [6.07, 6.45) is 1.27. The van der Waals surface area contributed by atoms with Gasteiger partial charge in [-0.15, -0.1) is 0 Å². The van der Waals surface area contributed by atoms with E-state index in [4.69, 9.17) is 0 Å². The van der Waals surface area contributed by atoms with Gasteiger partial charge in [-0.05, 0) is 20.3 Å². The van der Waals surface area contributed by atoms with Crippen LogP contribution in [0.25, 0.3) is 0 Å². The summed E-state index contributed by atoms with van der Waals surface area (Å²) in [6.45, 7) is 10.7. The average molecular weight is 171 g/mol. The standard InChI is InChI=1S/C10H23N2/c1-6-7-11-8-10(2,3)12(4,5)9-11/h6-9H2,1-5H3/q+1. The fraction of sp³-hybridized carbons (Fsp3) is 1.00. The minimum absolute atomic E-state index is 0.426. The van der Waals surface area contributed by atoms with Gasteiger partial charge in [0.2, 0.25) is 0 Å². The Hall–Kier alpha value is -0.0800. The van der Waals surface area contributed by atoms with E-state index in [-0.39, 0.29) is 0 Å². The predicted molar refractivity (Wildman–Crippen MR) is 52.9 cm³/mol. The molecule has 0 saturated carbocycles. The lowest BCUT2D eigenvalue weighted by Gasteiger charge is -2.36. The Morgan fingerprint density at radius 2 is 1.92 bits per heavy atom. The van der Waals surface area contributed by atoms with Gasteiger partial charge in [-0.1, -0.05) is 6.92 Å². The Balaban J connectivity index is 2.61. The smallest absolute Gasteiger partial charge is 0.135 e. The van der Waals surface area contributed by atoms with Crippen molar-refractivity contribution >= 4 is 0 Å². The van der Waals surface area contributed by atoms with E-state index in [2.05, 4.69) is 39.8 Å². The van der Waals surface area contributed by atoms with Crippen molar-refractivity contribution in [2.75, 3.05) is 33.9 Å². The number of hydrogen-bond acceptors (Lipinski definition) is 1. The maximum absolute atomic E-state index is 2.57. The summed E-state index contributed by atoms with van der Waals surface area (Å²) in [5, 5.41) is 0. The van der Waals surface area contributed by atoms with Gasteiger partial charge >= 0.3 is 0 Å². The fourth-order valence-corrected chi connectivity index (χ4v) is 1.95. The zero-order valence-corrected chi connectivity index (χ0v) is 9.22. The van der Waals surface area contributed by atoms with Crippen LogP contribution in [0, 0.1) is 0 Å². The molecule has 0 atom stereocenters. The number of rotatable bonds is 2. The molecule has 1 rings (SSSR count). The van der Waals surface area contributed by atoms with Gasteiger partial charge in [-0.3, -0.25) is 4.90 Å². The van der Waals surface area contributed by atoms with Gasteiger partial charge in [-0.25, -0.2) is 0 Å². The van der Waals surface area contributed by atoms with E-state index in [0.717, 1.165) is 4.48 Å². The fourth-order valence-electron chi connectivity index (χ4n) is 1.95. The molecule has 1 aliphatic rings. The van der Waals surface area contributed by atoms with Crippen LogP contribution in [-0.2, 0) is 0 Å². The van der Waals surface area contributed by atoms with Crippen molar-refractivity contribution in [1.82, 2.24) is 4.90 Å². The van der Waals surface area contributed by atoms with Gasteiger partial charge in [0.25, 0.3) is 0 Å². The Morgan fingerprint density at radius 1 is 1.33 bits per heavy atom. The van der Waals surface area contributed by atoms with Crippen molar-refractivity contribution in [3.8, 4) is 0 Å². The molecule has 0 aromatic heterocycles. The van der Waals surface area contributed by atoms with Gasteiger partial charge in [0, 0.05) is 6.54 Å². The molecule has 0 aliphatic carbocycles. The quantitative estimate of drug-likeness (QED) is 0.569. The van der Waals surface area contributed by atoms with Crippen LogP contribution >= 0.6 is 0 Å². The minimum Gasteiger partial charge on any atom is -0.311 e. The van der Waals surface area contributed by atoms with E-state index in [1.165, 1.54) is 26.2 Å². The van der Waals surface area contributed by atoms with Crippen molar-refractivity contribution in [3.05, 3.63) is 0 Å². The van der Waals surface area contributed by atoms with Crippen LogP contribution in [0.1, 0.15) is 27.2 Å². The van der Waals surface area contributed by atoms with Crippen LogP contribution in [-0.4, -0.2) is 48.8 Å². The van der Waals surface area contributed by atoms with Crippen LogP contribution in [0.15, 0.2) is 0 Å². The van der Waals surface area contributed by atoms with E-state index in [0.29, 0.717) is 5.54 Å². The summed E-state index contributed by atoms with van der Waals surface area (Å²) in [5.74, 6) is 0. The largest absolute Gasteiger partial charge is 0.311 e. The summed E-state index contributed by atoms with van der Waals surface area (Å²) in [7, 11) is 4.66. The third-order valence-corrected chi connectivity index (χ3v) is 3.34. The molecule has 1 fully saturated rings. The maximum Gasteiger partial charge on any atom is 0.135 e. The predicted octanol–water partition coefficient (Wildman–Crippen LogP) is 1.52. The van der Waals surface area contributed by atoms with E-state index >= 15 is 0 Å². The number of likely N-dealkylation sites (N-methyl/N-ethyl adjacent to an activating group) is 1. The highest BCUT2D eigenvalue weighted by atomic mass is 15.5. The average Bonchev–Trinajstić information content (AvgIpc) is 2.02. The lowest BCUT2D eigenvalue weighted by Crippen LogP contribution is -2.52. The zero-order chi connectivity index (χ0) is 9.41. The molecule has 1 saturated heterocycles. The molecule has 0 amide bonds. The van der Waals surface area contributed by atoms with Crippen molar-refractivity contribution < 1.29 is 4.48 Å². The number of nitrogens with zero attached hydrogens (tertiary/aromatic N) is 2. The van der Waals surface area contributed by atoms with Crippen LogP contribution in [0.2, 0.25) is 0 Å². The summed E-state index contributed by atoms with van der Waals surface area (Å²) >= 11 is 0. The molecular formula is C10H23N2+. The van der Waals surface area contributed by atoms with E-state index in [1.54, 1.807) is 0 Å². The molecule has 0 unspecified atom stereocenters. The highest BCUT2D eigenvalue weighted by Crippen LogP contribution is 2.28. The lowest BCUT2D eigenvalue weighted by atomic mass is 10.0. The first-order valence-electron chi connectivity index (χ1n) is 4.94. The van der Waals surface area contributed by atoms with Gasteiger partial charge in [0.1, 0.15) is 12.2 Å². The number of hydrogen-bond donors (Lipinski definition) is 0. The van der Waals surface area contributed by atoms with E-state index in [1.807, 2.05) is 0 Å². The topological polar surface area (TPSA) is 3.24 Å². The maximum atomic E-state index is 2.57. The van der Waals surface area contributed by atoms with Crippen molar-refractivity contribution in [2.45, 2.75) is 32.7 Å². The molecular weight excluding hydrogens is 148 g/mol. The van der Waals surface area contributed by atoms with Crippen LogP contribution in [0.5, 0.6) is 0 Å². The normalized spacial score (nSPS) is 27.8. The monoisotopic (exact) mass is 171 g/mol. The van der Waals surface area contributed by atoms with Gasteiger partial charge in [0.05, 0.1) is 20.6 Å². The third kappa shape index (κ3) is 1.64. The Labute approximate surface area is 76.7 Å². The molecule has 0 spiro atoms. The lowest BCUT2D eigenvalue weighted by molar-refractivity contribution is -0.927. The first-order valence-corrected chi connectivity index (χ1v) is 4.94. The van der Waals surface area contributed by atoms with E-state index < -0.39 is 0 Å². The van der Waals surface area contributed by atoms with Crippen LogP contribution in [0.3, 0.4) is 0 Å². The van der Waals surface area contributed by atoms with Gasteiger partial charge in [0.15, 0.2) is 0 Å². The molecule has 1 aliphatic heterocycles. The second-order valence-corrected chi connectivity index (χ2v) is 5.19. The molecule has 12 heavy (non-hydrogen) atoms. The van der Waals surface area contributed by atoms with Crippen LogP contribution in [0.4, 0.5) is 0 Å². The van der Waals surface area contributed by atoms with Gasteiger partial charge in [-0.2, -0.15) is 0 Å². The summed E-state index contributed by atoms with van der Waals surface area (Å²) in [6, 6.07) is 0. The van der Waals surface area contributed by atoms with Crippen molar-refractivity contribution in [3.63, 3.8) is 0 Å². The highest BCUT2D eigenvalue weighted by Gasteiger charge is 2.45. The first kappa shape index (κ1) is 10.0. The third-order valence-electron chi connectivity index (χ3n) is 3.34. The van der Waals surface area contributed by atoms with Crippen molar-refractivity contribution in [2.24, 2.45) is 0 Å². The molecule has 2 heteroatoms. The minimum atomic E-state index is 0.426. The summed E-state index contributed by atoms with van der Waals surface area (Å²) in [5.41, 5.74) is 0.426. The van der Waals surface area contributed by atoms with E-state index in [9.17, 15) is 0 Å². The highest BCUT2D eigenvalue weighted by molar-refractivity contribution is 4.79. The second-order valence-electron chi connectivity index (χ2n) is 5.19. The second kappa shape index (κ2) is 3.00. The Morgan fingerprint density at radius 3 is 2.25 bits per heavy atom. The zero-order valence-electron chi connectivity index (χ0n) is 9.22. The molecule has 2 nitrogen and oxygen atoms in total.